The second kappa shape index (κ2) is 9.63. The van der Waals surface area contributed by atoms with E-state index >= 15 is 0 Å². The third-order valence-electron chi connectivity index (χ3n) is 4.88. The standard InChI is InChI=1S/C21H23FN8O/c1-2-3-4-5-8-31-15-7-6-12(22)9-13(15)18-16-17(25)14(10-23)19(26)29-20(16)30-21(28-18)27-11-24/h6-7,9,18H,2-5,8H2,1H3,(H6,25,26,27,28,29,30). The van der Waals surface area contributed by atoms with E-state index in [0.717, 1.165) is 25.7 Å². The molecule has 0 bridgehead atoms. The second-order valence-electron chi connectivity index (χ2n) is 6.99. The van der Waals surface area contributed by atoms with Crippen LogP contribution in [-0.2, 0) is 0 Å². The van der Waals surface area contributed by atoms with Crippen molar-refractivity contribution in [3.63, 3.8) is 0 Å². The largest absolute Gasteiger partial charge is 0.493 e. The molecule has 0 aliphatic carbocycles. The van der Waals surface area contributed by atoms with Crippen LogP contribution in [0, 0.1) is 28.6 Å². The van der Waals surface area contributed by atoms with Crippen LogP contribution in [0.25, 0.3) is 0 Å². The first-order valence-electron chi connectivity index (χ1n) is 9.91. The molecule has 0 saturated carbocycles. The van der Waals surface area contributed by atoms with Gasteiger partial charge in [0.15, 0.2) is 6.19 Å². The van der Waals surface area contributed by atoms with Crippen molar-refractivity contribution in [3.05, 3.63) is 40.7 Å². The molecule has 9 nitrogen and oxygen atoms in total. The van der Waals surface area contributed by atoms with Gasteiger partial charge in [-0.15, -0.1) is 0 Å². The summed E-state index contributed by atoms with van der Waals surface area (Å²) >= 11 is 0. The number of nitrogens with two attached hydrogens (primary N) is 2. The fourth-order valence-corrected chi connectivity index (χ4v) is 3.38. The first-order chi connectivity index (χ1) is 15.0. The molecule has 2 heterocycles. The predicted molar refractivity (Wildman–Crippen MR) is 115 cm³/mol. The van der Waals surface area contributed by atoms with Crippen LogP contribution in [0.5, 0.6) is 5.75 Å². The van der Waals surface area contributed by atoms with Gasteiger partial charge in [-0.25, -0.2) is 14.4 Å². The van der Waals surface area contributed by atoms with Crippen LogP contribution in [0.1, 0.15) is 55.3 Å². The Kier molecular flexibility index (Phi) is 6.73. The summed E-state index contributed by atoms with van der Waals surface area (Å²) in [6, 6.07) is 5.21. The average Bonchev–Trinajstić information content (AvgIpc) is 2.74. The van der Waals surface area contributed by atoms with Crippen molar-refractivity contribution in [1.29, 1.82) is 10.5 Å². The number of unbranched alkanes of at least 4 members (excludes halogenated alkanes) is 3. The molecular weight excluding hydrogens is 399 g/mol. The molecule has 1 aliphatic heterocycles. The molecule has 1 unspecified atom stereocenters. The molecule has 6 N–H and O–H groups in total. The van der Waals surface area contributed by atoms with E-state index in [9.17, 15) is 9.65 Å². The summed E-state index contributed by atoms with van der Waals surface area (Å²) in [6.45, 7) is 2.58. The van der Waals surface area contributed by atoms with Gasteiger partial charge >= 0.3 is 0 Å². The molecule has 2 aromatic rings. The van der Waals surface area contributed by atoms with Crippen molar-refractivity contribution in [2.45, 2.75) is 38.6 Å². The van der Waals surface area contributed by atoms with Gasteiger partial charge in [-0.05, 0) is 24.6 Å². The lowest BCUT2D eigenvalue weighted by molar-refractivity contribution is 0.300. The summed E-state index contributed by atoms with van der Waals surface area (Å²) in [6.07, 6.45) is 5.88. The summed E-state index contributed by atoms with van der Waals surface area (Å²) in [5.41, 5.74) is 12.9. The van der Waals surface area contributed by atoms with Crippen molar-refractivity contribution in [3.8, 4) is 18.0 Å². The van der Waals surface area contributed by atoms with Crippen molar-refractivity contribution < 1.29 is 9.13 Å². The number of ether oxygens (including phenoxy) is 1. The number of rotatable bonds is 7. The van der Waals surface area contributed by atoms with Gasteiger partial charge in [0.1, 0.15) is 40.9 Å². The van der Waals surface area contributed by atoms with Crippen molar-refractivity contribution >= 4 is 23.3 Å². The van der Waals surface area contributed by atoms with E-state index in [2.05, 4.69) is 27.5 Å². The number of aromatic nitrogens is 1. The van der Waals surface area contributed by atoms with Crippen LogP contribution >= 0.6 is 0 Å². The quantitative estimate of drug-likeness (QED) is 0.301. The van der Waals surface area contributed by atoms with E-state index in [1.807, 2.05) is 6.07 Å². The number of halogens is 1. The Labute approximate surface area is 179 Å². The number of aliphatic imine (C=N–C) groups is 1. The molecule has 0 fully saturated rings. The van der Waals surface area contributed by atoms with Gasteiger partial charge < -0.3 is 21.5 Å². The van der Waals surface area contributed by atoms with Gasteiger partial charge in [-0.1, -0.05) is 26.2 Å². The molecule has 0 saturated heterocycles. The van der Waals surface area contributed by atoms with E-state index in [1.165, 1.54) is 18.2 Å². The smallest absolute Gasteiger partial charge is 0.211 e. The average molecular weight is 422 g/mol. The highest BCUT2D eigenvalue weighted by Crippen LogP contribution is 2.43. The minimum Gasteiger partial charge on any atom is -0.493 e. The number of anilines is 3. The molecule has 1 aliphatic rings. The number of fused-ring (bicyclic) bond motifs is 1. The lowest BCUT2D eigenvalue weighted by Gasteiger charge is -2.27. The van der Waals surface area contributed by atoms with Crippen LogP contribution in [0.4, 0.5) is 21.7 Å². The Bertz CT molecular complexity index is 1090. The number of hydrogen-bond acceptors (Lipinski definition) is 9. The molecular formula is C21H23FN8O. The lowest BCUT2D eigenvalue weighted by Crippen LogP contribution is -2.33. The second-order valence-corrected chi connectivity index (χ2v) is 6.99. The normalized spacial score (nSPS) is 14.5. The molecule has 3 rings (SSSR count). The minimum atomic E-state index is -0.867. The molecule has 31 heavy (non-hydrogen) atoms. The number of hydrogen-bond donors (Lipinski definition) is 4. The lowest BCUT2D eigenvalue weighted by atomic mass is 9.94. The molecule has 1 aromatic heterocycles. The van der Waals surface area contributed by atoms with Gasteiger partial charge in [0.2, 0.25) is 5.96 Å². The summed E-state index contributed by atoms with van der Waals surface area (Å²) in [5, 5.41) is 23.7. The number of nitrogens with one attached hydrogen (secondary N) is 2. The minimum absolute atomic E-state index is 0.0101. The van der Waals surface area contributed by atoms with E-state index in [1.54, 1.807) is 6.19 Å². The van der Waals surface area contributed by atoms with Gasteiger partial charge in [-0.2, -0.15) is 10.5 Å². The summed E-state index contributed by atoms with van der Waals surface area (Å²) in [4.78, 5) is 8.66. The Hall–Kier alpha value is -4.05. The molecule has 10 heteroatoms. The first-order valence-corrected chi connectivity index (χ1v) is 9.91. The number of nitrogens with zero attached hydrogens (tertiary/aromatic N) is 4. The molecule has 160 valence electrons. The predicted octanol–water partition coefficient (Wildman–Crippen LogP) is 3.16. The fraction of sp³-hybridized carbons (Fsp3) is 0.333. The van der Waals surface area contributed by atoms with E-state index in [0.29, 0.717) is 23.5 Å². The van der Waals surface area contributed by atoms with Crippen LogP contribution in [0.2, 0.25) is 0 Å². The fourth-order valence-electron chi connectivity index (χ4n) is 3.38. The first kappa shape index (κ1) is 21.7. The van der Waals surface area contributed by atoms with Crippen molar-refractivity contribution in [2.75, 3.05) is 23.4 Å². The molecule has 1 aromatic carbocycles. The van der Waals surface area contributed by atoms with Crippen LogP contribution in [-0.4, -0.2) is 17.6 Å². The van der Waals surface area contributed by atoms with E-state index < -0.39 is 11.9 Å². The Morgan fingerprint density at radius 2 is 2.06 bits per heavy atom. The van der Waals surface area contributed by atoms with Gasteiger partial charge in [0.05, 0.1) is 12.3 Å². The zero-order valence-electron chi connectivity index (χ0n) is 17.1. The summed E-state index contributed by atoms with van der Waals surface area (Å²) in [7, 11) is 0. The van der Waals surface area contributed by atoms with E-state index in [4.69, 9.17) is 21.5 Å². The van der Waals surface area contributed by atoms with Gasteiger partial charge in [0, 0.05) is 11.1 Å². The van der Waals surface area contributed by atoms with Crippen molar-refractivity contribution in [2.24, 2.45) is 4.99 Å². The topological polar surface area (TPSA) is 158 Å². The molecule has 1 atom stereocenters. The maximum atomic E-state index is 14.2. The summed E-state index contributed by atoms with van der Waals surface area (Å²) < 4.78 is 20.1. The number of nitrogen functional groups attached to an aromatic ring is 2. The zero-order chi connectivity index (χ0) is 22.4. The van der Waals surface area contributed by atoms with Gasteiger partial charge in [0.25, 0.3) is 0 Å². The molecule has 0 spiro atoms. The third kappa shape index (κ3) is 4.59. The molecule has 0 amide bonds. The Balaban J connectivity index is 2.08. The van der Waals surface area contributed by atoms with Crippen molar-refractivity contribution in [1.82, 2.24) is 10.3 Å². The highest BCUT2D eigenvalue weighted by atomic mass is 19.1. The Morgan fingerprint density at radius 3 is 2.77 bits per heavy atom. The third-order valence-corrected chi connectivity index (χ3v) is 4.88. The highest BCUT2D eigenvalue weighted by molar-refractivity contribution is 5.98. The highest BCUT2D eigenvalue weighted by Gasteiger charge is 2.31. The molecule has 0 radical (unpaired) electrons. The SMILES string of the molecule is CCCCCCOc1ccc(F)cc1C1N=C(NC#N)Nc2nc(N)c(C#N)c(N)c21. The number of benzene rings is 1. The maximum absolute atomic E-state index is 14.2. The number of guanidine groups is 1. The maximum Gasteiger partial charge on any atom is 0.211 e. The van der Waals surface area contributed by atoms with Crippen LogP contribution in [0.15, 0.2) is 23.2 Å². The summed E-state index contributed by atoms with van der Waals surface area (Å²) in [5.74, 6) is 0.209. The number of nitriles is 2. The number of pyridine rings is 1. The zero-order valence-corrected chi connectivity index (χ0v) is 17.1. The van der Waals surface area contributed by atoms with E-state index in [-0.39, 0.29) is 28.8 Å². The van der Waals surface area contributed by atoms with Gasteiger partial charge in [-0.3, -0.25) is 5.32 Å². The monoisotopic (exact) mass is 422 g/mol. The Morgan fingerprint density at radius 1 is 1.26 bits per heavy atom. The van der Waals surface area contributed by atoms with Crippen LogP contribution in [0.3, 0.4) is 0 Å². The van der Waals surface area contributed by atoms with Crippen LogP contribution < -0.4 is 26.8 Å².